The average molecular weight is 413 g/mol. The van der Waals surface area contributed by atoms with Crippen molar-refractivity contribution in [2.45, 2.75) is 50.8 Å². The molecule has 1 aliphatic heterocycles. The molecule has 2 rings (SSSR count). The van der Waals surface area contributed by atoms with Gasteiger partial charge in [0, 0.05) is 36.8 Å². The van der Waals surface area contributed by atoms with Crippen LogP contribution < -0.4 is 0 Å². The third-order valence-corrected chi connectivity index (χ3v) is 6.38. The maximum absolute atomic E-state index is 13.4. The van der Waals surface area contributed by atoms with E-state index in [0.717, 1.165) is 11.8 Å². The zero-order valence-electron chi connectivity index (χ0n) is 15.5. The van der Waals surface area contributed by atoms with Gasteiger partial charge in [-0.05, 0) is 38.1 Å². The molecule has 0 saturated carbocycles. The van der Waals surface area contributed by atoms with Crippen molar-refractivity contribution in [1.29, 1.82) is 0 Å². The van der Waals surface area contributed by atoms with Gasteiger partial charge in [-0.3, -0.25) is 9.59 Å². The Hall–Kier alpha value is -1.70. The standard InChI is InChI=1S/C19H22ClNO5S/c1-12-5-4-10-21(12,18(25)26)17(24)19(3,27-13(2)22)11-16(23)14-6-8-15(20)9-7-14/h6-9,12H,4-5,10-11H2,1-3H3/p+1/t12-,19?,21?/m1/s1. The molecular formula is C19H23ClNO5S+. The lowest BCUT2D eigenvalue weighted by Crippen LogP contribution is -2.64. The predicted octanol–water partition coefficient (Wildman–Crippen LogP) is 4.15. The van der Waals surface area contributed by atoms with Crippen LogP contribution in [0.3, 0.4) is 0 Å². The first-order chi connectivity index (χ1) is 12.5. The summed E-state index contributed by atoms with van der Waals surface area (Å²) in [6, 6.07) is 5.83. The summed E-state index contributed by atoms with van der Waals surface area (Å²) in [5, 5.41) is 9.98. The van der Waals surface area contributed by atoms with Crippen molar-refractivity contribution in [3.8, 4) is 0 Å². The van der Waals surface area contributed by atoms with Crippen molar-refractivity contribution in [1.82, 2.24) is 0 Å². The Labute approximate surface area is 167 Å². The Morgan fingerprint density at radius 1 is 1.26 bits per heavy atom. The maximum atomic E-state index is 13.4. The van der Waals surface area contributed by atoms with Gasteiger partial charge < -0.3 is 5.11 Å². The molecule has 6 nitrogen and oxygen atoms in total. The molecule has 1 aliphatic rings. The van der Waals surface area contributed by atoms with Crippen LogP contribution in [-0.2, 0) is 9.59 Å². The monoisotopic (exact) mass is 412 g/mol. The molecule has 1 N–H and O–H groups in total. The van der Waals surface area contributed by atoms with Crippen molar-refractivity contribution in [2.75, 3.05) is 6.54 Å². The van der Waals surface area contributed by atoms with Crippen molar-refractivity contribution >= 4 is 46.3 Å². The van der Waals surface area contributed by atoms with Crippen LogP contribution in [-0.4, -0.2) is 49.8 Å². The Morgan fingerprint density at radius 3 is 2.30 bits per heavy atom. The number of carbonyl (C=O) groups is 4. The second-order valence-corrected chi connectivity index (χ2v) is 9.22. The highest BCUT2D eigenvalue weighted by Gasteiger charge is 2.60. The molecule has 0 bridgehead atoms. The molecule has 8 heteroatoms. The minimum Gasteiger partial charge on any atom is -0.435 e. The number of hydrogen-bond donors (Lipinski definition) is 1. The van der Waals surface area contributed by atoms with Gasteiger partial charge in [-0.25, -0.2) is 4.79 Å². The van der Waals surface area contributed by atoms with E-state index >= 15 is 0 Å². The number of amides is 2. The van der Waals surface area contributed by atoms with Gasteiger partial charge in [0.05, 0.1) is 6.54 Å². The van der Waals surface area contributed by atoms with E-state index in [-0.39, 0.29) is 23.9 Å². The second kappa shape index (κ2) is 8.12. The molecule has 1 fully saturated rings. The summed E-state index contributed by atoms with van der Waals surface area (Å²) in [4.78, 5) is 50.1. The topological polar surface area (TPSA) is 88.5 Å². The fourth-order valence-electron chi connectivity index (χ4n) is 3.69. The van der Waals surface area contributed by atoms with E-state index in [1.54, 1.807) is 31.2 Å². The molecule has 0 aromatic heterocycles. The Kier molecular flexibility index (Phi) is 6.50. The first-order valence-corrected chi connectivity index (χ1v) is 9.87. The summed E-state index contributed by atoms with van der Waals surface area (Å²) in [5.41, 5.74) is 0.360. The van der Waals surface area contributed by atoms with Gasteiger partial charge in [0.25, 0.3) is 0 Å². The SMILES string of the molecule is CC(=O)SC(C)(CC(=O)c1ccc(Cl)cc1)C(=O)[N+]1(C(=O)O)CCC[C@H]1C. The number of benzene rings is 1. The van der Waals surface area contributed by atoms with Gasteiger partial charge in [-0.15, -0.1) is 0 Å². The van der Waals surface area contributed by atoms with E-state index in [1.807, 2.05) is 0 Å². The van der Waals surface area contributed by atoms with E-state index < -0.39 is 27.3 Å². The summed E-state index contributed by atoms with van der Waals surface area (Å²) >= 11 is 6.57. The van der Waals surface area contributed by atoms with Crippen LogP contribution in [0.15, 0.2) is 24.3 Å². The summed E-state index contributed by atoms with van der Waals surface area (Å²) in [5.74, 6) is -0.950. The number of nitrogens with zero attached hydrogens (tertiary/aromatic N) is 1. The number of likely N-dealkylation sites (tertiary alicyclic amines) is 1. The first kappa shape index (κ1) is 21.6. The van der Waals surface area contributed by atoms with Crippen LogP contribution in [0.5, 0.6) is 0 Å². The molecule has 2 unspecified atom stereocenters. The highest BCUT2D eigenvalue weighted by atomic mass is 35.5. The van der Waals surface area contributed by atoms with E-state index in [2.05, 4.69) is 0 Å². The fourth-order valence-corrected chi connectivity index (χ4v) is 4.90. The van der Waals surface area contributed by atoms with Gasteiger partial charge in [0.2, 0.25) is 0 Å². The fraction of sp³-hybridized carbons (Fsp3) is 0.474. The molecule has 1 aromatic rings. The van der Waals surface area contributed by atoms with Crippen LogP contribution in [0.2, 0.25) is 5.02 Å². The number of carboxylic acid groups (broad SMARTS) is 1. The molecule has 2 amide bonds. The summed E-state index contributed by atoms with van der Waals surface area (Å²) in [6.45, 7) is 4.68. The molecule has 3 atom stereocenters. The number of carbonyl (C=O) groups excluding carboxylic acids is 3. The number of halogens is 1. The number of imide groups is 1. The number of quaternary nitrogens is 1. The van der Waals surface area contributed by atoms with E-state index in [4.69, 9.17) is 11.6 Å². The molecule has 1 heterocycles. The first-order valence-electron chi connectivity index (χ1n) is 8.67. The molecule has 0 aliphatic carbocycles. The molecular weight excluding hydrogens is 390 g/mol. The molecule has 146 valence electrons. The Balaban J connectivity index is 2.41. The lowest BCUT2D eigenvalue weighted by atomic mass is 9.96. The van der Waals surface area contributed by atoms with Crippen LogP contribution in [0.1, 0.15) is 50.4 Å². The molecule has 27 heavy (non-hydrogen) atoms. The lowest BCUT2D eigenvalue weighted by Gasteiger charge is -2.36. The van der Waals surface area contributed by atoms with Crippen molar-refractivity contribution in [3.05, 3.63) is 34.9 Å². The largest absolute Gasteiger partial charge is 0.521 e. The maximum Gasteiger partial charge on any atom is 0.521 e. The van der Waals surface area contributed by atoms with Gasteiger partial charge in [0.1, 0.15) is 10.8 Å². The smallest absolute Gasteiger partial charge is 0.435 e. The van der Waals surface area contributed by atoms with Crippen LogP contribution in [0, 0.1) is 0 Å². The highest BCUT2D eigenvalue weighted by molar-refractivity contribution is 8.15. The highest BCUT2D eigenvalue weighted by Crippen LogP contribution is 2.39. The van der Waals surface area contributed by atoms with Crippen molar-refractivity contribution in [3.63, 3.8) is 0 Å². The average Bonchev–Trinajstić information content (AvgIpc) is 2.96. The van der Waals surface area contributed by atoms with Gasteiger partial charge >= 0.3 is 12.0 Å². The van der Waals surface area contributed by atoms with E-state index in [1.165, 1.54) is 13.8 Å². The van der Waals surface area contributed by atoms with Crippen LogP contribution >= 0.6 is 23.4 Å². The Morgan fingerprint density at radius 2 is 1.85 bits per heavy atom. The van der Waals surface area contributed by atoms with Gasteiger partial charge in [0.15, 0.2) is 10.9 Å². The van der Waals surface area contributed by atoms with Gasteiger partial charge in [-0.2, -0.15) is 9.28 Å². The third-order valence-electron chi connectivity index (χ3n) is 5.07. The van der Waals surface area contributed by atoms with Gasteiger partial charge in [-0.1, -0.05) is 23.4 Å². The van der Waals surface area contributed by atoms with Crippen LogP contribution in [0.4, 0.5) is 4.79 Å². The summed E-state index contributed by atoms with van der Waals surface area (Å²) < 4.78 is -2.22. The number of hydrogen-bond acceptors (Lipinski definition) is 5. The van der Waals surface area contributed by atoms with E-state index in [9.17, 15) is 24.3 Å². The number of rotatable bonds is 5. The number of ketones is 1. The van der Waals surface area contributed by atoms with Crippen molar-refractivity contribution < 1.29 is 28.8 Å². The normalized spacial score (nSPS) is 24.2. The van der Waals surface area contributed by atoms with Crippen LogP contribution in [0.25, 0.3) is 0 Å². The summed E-state index contributed by atoms with van der Waals surface area (Å²) in [6.07, 6.45) is -0.299. The van der Waals surface area contributed by atoms with E-state index in [0.29, 0.717) is 23.4 Å². The second-order valence-electron chi connectivity index (χ2n) is 7.10. The quantitative estimate of drug-likeness (QED) is 0.577. The minimum atomic E-state index is -1.47. The molecule has 0 radical (unpaired) electrons. The molecule has 1 aromatic carbocycles. The predicted molar refractivity (Wildman–Crippen MR) is 104 cm³/mol. The van der Waals surface area contributed by atoms with Crippen molar-refractivity contribution in [2.24, 2.45) is 0 Å². The number of thioether (sulfide) groups is 1. The number of Topliss-reactive ketones (excluding diaryl/α,β-unsaturated/α-hetero) is 1. The molecule has 0 spiro atoms. The summed E-state index contributed by atoms with van der Waals surface area (Å²) in [7, 11) is 0. The molecule has 1 saturated heterocycles. The Bertz CT molecular complexity index is 781. The third kappa shape index (κ3) is 4.25. The zero-order valence-corrected chi connectivity index (χ0v) is 17.1. The zero-order chi connectivity index (χ0) is 20.4. The minimum absolute atomic E-state index is 0.165. The lowest BCUT2D eigenvalue weighted by molar-refractivity contribution is -0.793.